The quantitative estimate of drug-likeness (QED) is 0.758. The smallest absolute Gasteiger partial charge is 0.138 e. The lowest BCUT2D eigenvalue weighted by Gasteiger charge is -2.22. The molecule has 1 fully saturated rings. The number of piperidine rings is 1. The zero-order valence-corrected chi connectivity index (χ0v) is 8.39. The molecule has 1 aromatic heterocycles. The zero-order chi connectivity index (χ0) is 9.64. The van der Waals surface area contributed by atoms with E-state index < -0.39 is 0 Å². The lowest BCUT2D eigenvalue weighted by Crippen LogP contribution is -2.27. The van der Waals surface area contributed by atoms with E-state index in [0.717, 1.165) is 12.5 Å². The zero-order valence-electron chi connectivity index (χ0n) is 8.39. The first-order chi connectivity index (χ1) is 6.95. The second-order valence-corrected chi connectivity index (χ2v) is 3.91. The monoisotopic (exact) mass is 195 g/mol. The fourth-order valence-corrected chi connectivity index (χ4v) is 2.00. The maximum Gasteiger partial charge on any atom is 0.138 e. The van der Waals surface area contributed by atoms with Crippen molar-refractivity contribution in [3.05, 3.63) is 6.33 Å². The fourth-order valence-electron chi connectivity index (χ4n) is 2.00. The van der Waals surface area contributed by atoms with Crippen molar-refractivity contribution >= 4 is 0 Å². The van der Waals surface area contributed by atoms with Gasteiger partial charge in [-0.3, -0.25) is 0 Å². The third-order valence-electron chi connectivity index (χ3n) is 2.85. The van der Waals surface area contributed by atoms with Gasteiger partial charge in [0.25, 0.3) is 0 Å². The van der Waals surface area contributed by atoms with Crippen LogP contribution in [0, 0.1) is 5.92 Å². The molecule has 0 atom stereocenters. The summed E-state index contributed by atoms with van der Waals surface area (Å²) in [6.07, 6.45) is 6.84. The van der Waals surface area contributed by atoms with Crippen molar-refractivity contribution in [3.8, 4) is 0 Å². The van der Waals surface area contributed by atoms with Crippen LogP contribution in [-0.4, -0.2) is 33.3 Å². The van der Waals surface area contributed by atoms with E-state index in [9.17, 15) is 0 Å². The molecule has 1 saturated heterocycles. The SMILES string of the molecule is c1nnnn1CCCC1CCNCC1. The topological polar surface area (TPSA) is 55.6 Å². The van der Waals surface area contributed by atoms with Crippen LogP contribution in [0.15, 0.2) is 6.33 Å². The van der Waals surface area contributed by atoms with E-state index in [1.165, 1.54) is 38.8 Å². The molecule has 0 saturated carbocycles. The van der Waals surface area contributed by atoms with E-state index in [2.05, 4.69) is 20.8 Å². The van der Waals surface area contributed by atoms with Gasteiger partial charge in [0.15, 0.2) is 0 Å². The molecule has 0 aliphatic carbocycles. The molecule has 0 amide bonds. The van der Waals surface area contributed by atoms with Gasteiger partial charge in [-0.1, -0.05) is 0 Å². The molecule has 78 valence electrons. The standard InChI is InChI=1S/C9H17N5/c1(7-14-8-11-12-13-14)2-9-3-5-10-6-4-9/h8-10H,1-7H2. The Labute approximate surface area is 83.9 Å². The summed E-state index contributed by atoms with van der Waals surface area (Å²) in [6, 6.07) is 0. The lowest BCUT2D eigenvalue weighted by atomic mass is 9.93. The van der Waals surface area contributed by atoms with Gasteiger partial charge in [0.05, 0.1) is 0 Å². The van der Waals surface area contributed by atoms with Crippen LogP contribution >= 0.6 is 0 Å². The third-order valence-corrected chi connectivity index (χ3v) is 2.85. The van der Waals surface area contributed by atoms with Crippen molar-refractivity contribution in [3.63, 3.8) is 0 Å². The summed E-state index contributed by atoms with van der Waals surface area (Å²) in [5.41, 5.74) is 0. The first-order valence-electron chi connectivity index (χ1n) is 5.36. The lowest BCUT2D eigenvalue weighted by molar-refractivity contribution is 0.336. The molecular weight excluding hydrogens is 178 g/mol. The van der Waals surface area contributed by atoms with Gasteiger partial charge in [-0.2, -0.15) is 0 Å². The Hall–Kier alpha value is -0.970. The molecule has 0 spiro atoms. The number of hydrogen-bond donors (Lipinski definition) is 1. The van der Waals surface area contributed by atoms with Gasteiger partial charge in [0, 0.05) is 6.54 Å². The average Bonchev–Trinajstić information content (AvgIpc) is 2.72. The minimum atomic E-state index is 0.910. The van der Waals surface area contributed by atoms with Crippen LogP contribution in [0.5, 0.6) is 0 Å². The van der Waals surface area contributed by atoms with Crippen molar-refractivity contribution in [2.45, 2.75) is 32.2 Å². The Morgan fingerprint density at radius 3 is 2.93 bits per heavy atom. The van der Waals surface area contributed by atoms with Crippen LogP contribution in [-0.2, 0) is 6.54 Å². The summed E-state index contributed by atoms with van der Waals surface area (Å²) in [4.78, 5) is 0. The predicted octanol–water partition coefficient (Wildman–Crippen LogP) is 0.453. The Morgan fingerprint density at radius 2 is 2.21 bits per heavy atom. The van der Waals surface area contributed by atoms with Crippen molar-refractivity contribution in [1.29, 1.82) is 0 Å². The Bertz CT molecular complexity index is 240. The number of hydrogen-bond acceptors (Lipinski definition) is 4. The predicted molar refractivity (Wildman–Crippen MR) is 52.6 cm³/mol. The van der Waals surface area contributed by atoms with Crippen LogP contribution in [0.1, 0.15) is 25.7 Å². The van der Waals surface area contributed by atoms with E-state index in [0.29, 0.717) is 0 Å². The van der Waals surface area contributed by atoms with E-state index in [4.69, 9.17) is 0 Å². The van der Waals surface area contributed by atoms with Gasteiger partial charge >= 0.3 is 0 Å². The first-order valence-corrected chi connectivity index (χ1v) is 5.36. The molecule has 0 radical (unpaired) electrons. The number of tetrazole rings is 1. The van der Waals surface area contributed by atoms with Gasteiger partial charge < -0.3 is 5.32 Å². The molecule has 1 aliphatic heterocycles. The summed E-state index contributed by atoms with van der Waals surface area (Å²) < 4.78 is 1.81. The van der Waals surface area contributed by atoms with E-state index in [-0.39, 0.29) is 0 Å². The molecule has 0 bridgehead atoms. The van der Waals surface area contributed by atoms with Gasteiger partial charge in [-0.25, -0.2) is 4.68 Å². The van der Waals surface area contributed by atoms with Crippen molar-refractivity contribution in [2.24, 2.45) is 5.92 Å². The number of aromatic nitrogens is 4. The molecule has 0 aromatic carbocycles. The van der Waals surface area contributed by atoms with Gasteiger partial charge in [0.1, 0.15) is 6.33 Å². The normalized spacial score (nSPS) is 18.6. The molecule has 1 aliphatic rings. The summed E-state index contributed by atoms with van der Waals surface area (Å²) in [5, 5.41) is 14.4. The molecule has 2 heterocycles. The number of rotatable bonds is 4. The summed E-state index contributed by atoms with van der Waals surface area (Å²) in [7, 11) is 0. The van der Waals surface area contributed by atoms with Crippen molar-refractivity contribution < 1.29 is 0 Å². The van der Waals surface area contributed by atoms with E-state index >= 15 is 0 Å². The van der Waals surface area contributed by atoms with Gasteiger partial charge in [0.2, 0.25) is 0 Å². The Balaban J connectivity index is 1.62. The maximum absolute atomic E-state index is 3.84. The van der Waals surface area contributed by atoms with E-state index in [1.54, 1.807) is 11.0 Å². The van der Waals surface area contributed by atoms with Crippen molar-refractivity contribution in [2.75, 3.05) is 13.1 Å². The van der Waals surface area contributed by atoms with Crippen LogP contribution in [0.2, 0.25) is 0 Å². The average molecular weight is 195 g/mol. The second-order valence-electron chi connectivity index (χ2n) is 3.91. The Morgan fingerprint density at radius 1 is 1.36 bits per heavy atom. The van der Waals surface area contributed by atoms with Crippen LogP contribution < -0.4 is 5.32 Å². The van der Waals surface area contributed by atoms with Crippen LogP contribution in [0.3, 0.4) is 0 Å². The second kappa shape index (κ2) is 5.05. The molecule has 5 nitrogen and oxygen atoms in total. The van der Waals surface area contributed by atoms with Crippen LogP contribution in [0.25, 0.3) is 0 Å². The molecule has 0 unspecified atom stereocenters. The van der Waals surface area contributed by atoms with Gasteiger partial charge in [-0.15, -0.1) is 5.10 Å². The summed E-state index contributed by atoms with van der Waals surface area (Å²) in [6.45, 7) is 3.34. The number of nitrogens with one attached hydrogen (secondary N) is 1. The molecule has 5 heteroatoms. The molecular formula is C9H17N5. The highest BCUT2D eigenvalue weighted by Gasteiger charge is 2.12. The molecule has 1 aromatic rings. The number of aryl methyl sites for hydroxylation is 1. The molecule has 14 heavy (non-hydrogen) atoms. The van der Waals surface area contributed by atoms with Crippen molar-refractivity contribution in [1.82, 2.24) is 25.5 Å². The molecule has 1 N–H and O–H groups in total. The minimum absolute atomic E-state index is 0.910. The Kier molecular flexibility index (Phi) is 3.45. The molecule has 2 rings (SSSR count). The minimum Gasteiger partial charge on any atom is -0.317 e. The van der Waals surface area contributed by atoms with E-state index in [1.807, 2.05) is 0 Å². The third kappa shape index (κ3) is 2.77. The highest BCUT2D eigenvalue weighted by molar-refractivity contribution is 4.68. The summed E-state index contributed by atoms with van der Waals surface area (Å²) >= 11 is 0. The highest BCUT2D eigenvalue weighted by Crippen LogP contribution is 2.17. The van der Waals surface area contributed by atoms with Crippen LogP contribution in [0.4, 0.5) is 0 Å². The fraction of sp³-hybridized carbons (Fsp3) is 0.889. The largest absolute Gasteiger partial charge is 0.317 e. The first kappa shape index (κ1) is 9.58. The maximum atomic E-state index is 3.84. The van der Waals surface area contributed by atoms with Gasteiger partial charge in [-0.05, 0) is 55.1 Å². The number of nitrogens with zero attached hydrogens (tertiary/aromatic N) is 4. The summed E-state index contributed by atoms with van der Waals surface area (Å²) in [5.74, 6) is 0.910. The highest BCUT2D eigenvalue weighted by atomic mass is 15.5.